The number of methoxy groups -OCH3 is 2. The Bertz CT molecular complexity index is 850. The van der Waals surface area contributed by atoms with Crippen LogP contribution in [0.25, 0.3) is 0 Å². The molecule has 0 spiro atoms. The fraction of sp³-hybridized carbons (Fsp3) is 0.435. The van der Waals surface area contributed by atoms with E-state index in [4.69, 9.17) is 9.47 Å². The van der Waals surface area contributed by atoms with Crippen LogP contribution in [0.1, 0.15) is 42.1 Å². The highest BCUT2D eigenvalue weighted by Gasteiger charge is 2.33. The molecule has 5 nitrogen and oxygen atoms in total. The molecule has 0 bridgehead atoms. The fourth-order valence-electron chi connectivity index (χ4n) is 4.24. The number of nitrogens with one attached hydrogen (secondary N) is 1. The van der Waals surface area contributed by atoms with E-state index < -0.39 is 0 Å². The van der Waals surface area contributed by atoms with Gasteiger partial charge < -0.3 is 14.8 Å². The summed E-state index contributed by atoms with van der Waals surface area (Å²) >= 11 is 0. The smallest absolute Gasteiger partial charge is 0.217 e. The molecule has 2 atom stereocenters. The van der Waals surface area contributed by atoms with Crippen LogP contribution < -0.4 is 14.8 Å². The molecule has 0 saturated heterocycles. The van der Waals surface area contributed by atoms with E-state index in [1.165, 1.54) is 22.3 Å². The second kappa shape index (κ2) is 8.65. The minimum Gasteiger partial charge on any atom is -0.493 e. The van der Waals surface area contributed by atoms with E-state index in [0.717, 1.165) is 31.0 Å². The van der Waals surface area contributed by atoms with Gasteiger partial charge in [-0.1, -0.05) is 29.8 Å². The minimum atomic E-state index is -0.0283. The van der Waals surface area contributed by atoms with E-state index in [0.29, 0.717) is 0 Å². The highest BCUT2D eigenvalue weighted by molar-refractivity contribution is 5.73. The lowest BCUT2D eigenvalue weighted by Gasteiger charge is -2.41. The SMILES string of the molecule is COc1cc2c(cc1OC)C(C(C)NC(C)=O)N(Cc1cccc(C)c1)CC2. The highest BCUT2D eigenvalue weighted by atomic mass is 16.5. The summed E-state index contributed by atoms with van der Waals surface area (Å²) in [6.45, 7) is 7.51. The van der Waals surface area contributed by atoms with Crippen LogP contribution in [-0.2, 0) is 17.8 Å². The van der Waals surface area contributed by atoms with Crippen LogP contribution in [0.5, 0.6) is 11.5 Å². The molecule has 3 rings (SSSR count). The predicted octanol–water partition coefficient (Wildman–Crippen LogP) is 3.64. The molecule has 0 aromatic heterocycles. The molecule has 1 N–H and O–H groups in total. The summed E-state index contributed by atoms with van der Waals surface area (Å²) in [5.74, 6) is 1.45. The summed E-state index contributed by atoms with van der Waals surface area (Å²) < 4.78 is 11.0. The summed E-state index contributed by atoms with van der Waals surface area (Å²) in [6.07, 6.45) is 0.935. The number of rotatable bonds is 6. The Kier molecular flexibility index (Phi) is 6.25. The first-order chi connectivity index (χ1) is 13.4. The van der Waals surface area contributed by atoms with E-state index in [2.05, 4.69) is 60.5 Å². The van der Waals surface area contributed by atoms with E-state index in [-0.39, 0.29) is 18.0 Å². The maximum absolute atomic E-state index is 11.8. The standard InChI is InChI=1S/C23H30N2O3/c1-15-7-6-8-18(11-15)14-25-10-9-19-12-21(27-4)22(28-5)13-20(19)23(25)16(2)24-17(3)26/h6-8,11-13,16,23H,9-10,14H2,1-5H3,(H,24,26). The van der Waals surface area contributed by atoms with Gasteiger partial charge >= 0.3 is 0 Å². The number of benzene rings is 2. The monoisotopic (exact) mass is 382 g/mol. The van der Waals surface area contributed by atoms with Gasteiger partial charge in [-0.3, -0.25) is 9.69 Å². The first-order valence-corrected chi connectivity index (χ1v) is 9.74. The number of fused-ring (bicyclic) bond motifs is 1. The molecule has 2 unspecified atom stereocenters. The van der Waals surface area contributed by atoms with Crippen LogP contribution in [-0.4, -0.2) is 37.6 Å². The summed E-state index contributed by atoms with van der Waals surface area (Å²) in [5, 5.41) is 3.09. The molecule has 2 aromatic rings. The van der Waals surface area contributed by atoms with Gasteiger partial charge in [0, 0.05) is 26.1 Å². The molecule has 1 aliphatic rings. The highest BCUT2D eigenvalue weighted by Crippen LogP contribution is 2.40. The predicted molar refractivity (Wildman–Crippen MR) is 111 cm³/mol. The normalized spacial score (nSPS) is 17.5. The van der Waals surface area contributed by atoms with Gasteiger partial charge in [-0.25, -0.2) is 0 Å². The topological polar surface area (TPSA) is 50.8 Å². The first-order valence-electron chi connectivity index (χ1n) is 9.74. The van der Waals surface area contributed by atoms with Gasteiger partial charge in [0.25, 0.3) is 0 Å². The number of carbonyl (C=O) groups is 1. The number of aryl methyl sites for hydroxylation is 1. The second-order valence-electron chi connectivity index (χ2n) is 7.55. The van der Waals surface area contributed by atoms with Crippen molar-refractivity contribution in [1.82, 2.24) is 10.2 Å². The van der Waals surface area contributed by atoms with Crippen LogP contribution in [0.3, 0.4) is 0 Å². The molecule has 5 heteroatoms. The molecule has 150 valence electrons. The summed E-state index contributed by atoms with van der Waals surface area (Å²) in [6, 6.07) is 12.8. The Morgan fingerprint density at radius 3 is 2.57 bits per heavy atom. The number of carbonyl (C=O) groups excluding carboxylic acids is 1. The molecule has 2 aromatic carbocycles. The van der Waals surface area contributed by atoms with Gasteiger partial charge in [0.05, 0.1) is 20.3 Å². The summed E-state index contributed by atoms with van der Waals surface area (Å²) in [7, 11) is 3.32. The van der Waals surface area contributed by atoms with E-state index in [1.807, 2.05) is 0 Å². The van der Waals surface area contributed by atoms with Gasteiger partial charge in [-0.05, 0) is 49.1 Å². The average Bonchev–Trinajstić information content (AvgIpc) is 2.66. The van der Waals surface area contributed by atoms with Crippen molar-refractivity contribution in [3.8, 4) is 11.5 Å². The largest absolute Gasteiger partial charge is 0.493 e. The Labute approximate surface area is 167 Å². The number of hydrogen-bond acceptors (Lipinski definition) is 4. The molecule has 1 amide bonds. The third-order valence-electron chi connectivity index (χ3n) is 5.40. The molecule has 0 radical (unpaired) electrons. The Morgan fingerprint density at radius 2 is 1.93 bits per heavy atom. The lowest BCUT2D eigenvalue weighted by Crippen LogP contribution is -2.46. The van der Waals surface area contributed by atoms with Crippen molar-refractivity contribution in [2.24, 2.45) is 0 Å². The van der Waals surface area contributed by atoms with Crippen LogP contribution >= 0.6 is 0 Å². The van der Waals surface area contributed by atoms with Crippen molar-refractivity contribution in [3.05, 3.63) is 58.7 Å². The molecule has 1 heterocycles. The molecule has 28 heavy (non-hydrogen) atoms. The fourth-order valence-corrected chi connectivity index (χ4v) is 4.24. The van der Waals surface area contributed by atoms with Crippen molar-refractivity contribution >= 4 is 5.91 Å². The maximum atomic E-state index is 11.8. The number of amides is 1. The molecule has 0 fully saturated rings. The number of hydrogen-bond donors (Lipinski definition) is 1. The first kappa shape index (κ1) is 20.2. The third kappa shape index (κ3) is 4.30. The van der Waals surface area contributed by atoms with Gasteiger partial charge in [0.2, 0.25) is 5.91 Å². The molecular formula is C23H30N2O3. The van der Waals surface area contributed by atoms with Crippen molar-refractivity contribution in [1.29, 1.82) is 0 Å². The van der Waals surface area contributed by atoms with Crippen LogP contribution in [0.2, 0.25) is 0 Å². The van der Waals surface area contributed by atoms with Crippen molar-refractivity contribution in [2.45, 2.75) is 45.8 Å². The van der Waals surface area contributed by atoms with E-state index in [9.17, 15) is 4.79 Å². The number of nitrogens with zero attached hydrogens (tertiary/aromatic N) is 1. The van der Waals surface area contributed by atoms with Crippen LogP contribution in [0.4, 0.5) is 0 Å². The zero-order chi connectivity index (χ0) is 20.3. The lowest BCUT2D eigenvalue weighted by atomic mass is 9.87. The van der Waals surface area contributed by atoms with Gasteiger partial charge in [-0.15, -0.1) is 0 Å². The second-order valence-corrected chi connectivity index (χ2v) is 7.55. The summed E-state index contributed by atoms with van der Waals surface area (Å²) in [4.78, 5) is 14.2. The minimum absolute atomic E-state index is 0.0180. The zero-order valence-corrected chi connectivity index (χ0v) is 17.4. The Balaban J connectivity index is 2.00. The molecule has 0 saturated carbocycles. The Hall–Kier alpha value is -2.53. The van der Waals surface area contributed by atoms with Crippen molar-refractivity contribution < 1.29 is 14.3 Å². The quantitative estimate of drug-likeness (QED) is 0.829. The lowest BCUT2D eigenvalue weighted by molar-refractivity contribution is -0.120. The molecular weight excluding hydrogens is 352 g/mol. The van der Waals surface area contributed by atoms with Gasteiger partial charge in [0.1, 0.15) is 0 Å². The Morgan fingerprint density at radius 1 is 1.21 bits per heavy atom. The zero-order valence-electron chi connectivity index (χ0n) is 17.4. The van der Waals surface area contributed by atoms with Gasteiger partial charge in [0.15, 0.2) is 11.5 Å². The van der Waals surface area contributed by atoms with E-state index in [1.54, 1.807) is 21.1 Å². The third-order valence-corrected chi connectivity index (χ3v) is 5.40. The van der Waals surface area contributed by atoms with E-state index >= 15 is 0 Å². The number of ether oxygens (including phenoxy) is 2. The van der Waals surface area contributed by atoms with Crippen molar-refractivity contribution in [3.63, 3.8) is 0 Å². The van der Waals surface area contributed by atoms with Crippen LogP contribution in [0, 0.1) is 6.92 Å². The van der Waals surface area contributed by atoms with Crippen molar-refractivity contribution in [2.75, 3.05) is 20.8 Å². The summed E-state index contributed by atoms with van der Waals surface area (Å²) in [5.41, 5.74) is 4.98. The maximum Gasteiger partial charge on any atom is 0.217 e. The van der Waals surface area contributed by atoms with Gasteiger partial charge in [-0.2, -0.15) is 0 Å². The average molecular weight is 383 g/mol. The molecule has 0 aliphatic carbocycles. The van der Waals surface area contributed by atoms with Crippen LogP contribution in [0.15, 0.2) is 36.4 Å². The molecule has 1 aliphatic heterocycles.